The Morgan fingerprint density at radius 2 is 1.96 bits per heavy atom. The van der Waals surface area contributed by atoms with E-state index in [1.165, 1.54) is 12.7 Å². The molecule has 0 fully saturated rings. The number of thiol groups is 1. The first kappa shape index (κ1) is 20.9. The molecule has 0 aliphatic heterocycles. The summed E-state index contributed by atoms with van der Waals surface area (Å²) in [6, 6.07) is 11.7. The van der Waals surface area contributed by atoms with E-state index < -0.39 is 0 Å². The van der Waals surface area contributed by atoms with Crippen LogP contribution in [-0.2, 0) is 22.6 Å². The number of anilines is 1. The SMILES string of the molecule is CCc1cccc(N(C)O)c1COc1ccc(S)cc1C.COC=O. The molecule has 2 aromatic rings. The molecule has 0 aliphatic rings. The molecule has 0 atom stereocenters. The quantitative estimate of drug-likeness (QED) is 0.461. The van der Waals surface area contributed by atoms with Crippen molar-refractivity contribution in [2.24, 2.45) is 0 Å². The molecular weight excluding hydrogens is 338 g/mol. The Balaban J connectivity index is 0.000000705. The van der Waals surface area contributed by atoms with Gasteiger partial charge in [-0.3, -0.25) is 15.1 Å². The fraction of sp³-hybridized carbons (Fsp3) is 0.316. The molecule has 0 saturated heterocycles. The van der Waals surface area contributed by atoms with Gasteiger partial charge in [0, 0.05) is 17.5 Å². The average molecular weight is 363 g/mol. The van der Waals surface area contributed by atoms with Crippen LogP contribution in [0, 0.1) is 6.92 Å². The van der Waals surface area contributed by atoms with E-state index in [4.69, 9.17) is 9.53 Å². The van der Waals surface area contributed by atoms with Gasteiger partial charge in [0.05, 0.1) is 12.8 Å². The second kappa shape index (κ2) is 10.6. The summed E-state index contributed by atoms with van der Waals surface area (Å²) >= 11 is 4.32. The van der Waals surface area contributed by atoms with Crippen molar-refractivity contribution in [1.29, 1.82) is 0 Å². The molecule has 25 heavy (non-hydrogen) atoms. The second-order valence-corrected chi connectivity index (χ2v) is 5.88. The van der Waals surface area contributed by atoms with E-state index in [0.29, 0.717) is 13.1 Å². The number of nitrogens with zero attached hydrogens (tertiary/aromatic N) is 1. The van der Waals surface area contributed by atoms with Crippen LogP contribution < -0.4 is 9.80 Å². The molecule has 2 rings (SSSR count). The lowest BCUT2D eigenvalue weighted by atomic mass is 10.0. The van der Waals surface area contributed by atoms with Crippen LogP contribution in [0.25, 0.3) is 0 Å². The number of methoxy groups -OCH3 is 1. The summed E-state index contributed by atoms with van der Waals surface area (Å²) in [6.45, 7) is 4.90. The molecule has 2 aromatic carbocycles. The maximum atomic E-state index is 9.78. The highest BCUT2D eigenvalue weighted by Gasteiger charge is 2.11. The predicted octanol–water partition coefficient (Wildman–Crippen LogP) is 4.04. The van der Waals surface area contributed by atoms with Crippen molar-refractivity contribution in [2.75, 3.05) is 19.2 Å². The molecular formula is C19H25NO4S. The molecule has 0 heterocycles. The maximum absolute atomic E-state index is 9.78. The van der Waals surface area contributed by atoms with Gasteiger partial charge >= 0.3 is 0 Å². The van der Waals surface area contributed by atoms with Crippen molar-refractivity contribution < 1.29 is 19.5 Å². The zero-order valence-corrected chi connectivity index (χ0v) is 15.9. The van der Waals surface area contributed by atoms with Gasteiger partial charge in [-0.1, -0.05) is 19.1 Å². The Bertz CT molecular complexity index is 689. The summed E-state index contributed by atoms with van der Waals surface area (Å²) in [4.78, 5) is 9.87. The molecule has 136 valence electrons. The van der Waals surface area contributed by atoms with Gasteiger partial charge in [-0.25, -0.2) is 0 Å². The smallest absolute Gasteiger partial charge is 0.292 e. The van der Waals surface area contributed by atoms with Gasteiger partial charge in [-0.05, 0) is 48.7 Å². The highest BCUT2D eigenvalue weighted by molar-refractivity contribution is 7.80. The molecule has 6 heteroatoms. The van der Waals surface area contributed by atoms with Crippen molar-refractivity contribution in [1.82, 2.24) is 0 Å². The summed E-state index contributed by atoms with van der Waals surface area (Å²) in [5, 5.41) is 10.9. The van der Waals surface area contributed by atoms with Gasteiger partial charge in [-0.15, -0.1) is 12.6 Å². The summed E-state index contributed by atoms with van der Waals surface area (Å²) in [5.74, 6) is 0.838. The van der Waals surface area contributed by atoms with Gasteiger partial charge in [0.1, 0.15) is 12.4 Å². The van der Waals surface area contributed by atoms with Gasteiger partial charge in [0.15, 0.2) is 0 Å². The number of hydroxylamine groups is 1. The van der Waals surface area contributed by atoms with E-state index in [-0.39, 0.29) is 0 Å². The van der Waals surface area contributed by atoms with E-state index in [1.807, 2.05) is 37.3 Å². The molecule has 0 unspecified atom stereocenters. The Kier molecular flexibility index (Phi) is 8.88. The molecule has 1 N–H and O–H groups in total. The van der Waals surface area contributed by atoms with Crippen LogP contribution in [-0.4, -0.2) is 25.8 Å². The largest absolute Gasteiger partial charge is 0.489 e. The Morgan fingerprint density at radius 3 is 2.48 bits per heavy atom. The lowest BCUT2D eigenvalue weighted by Gasteiger charge is -2.19. The van der Waals surface area contributed by atoms with Crippen molar-refractivity contribution in [3.63, 3.8) is 0 Å². The molecule has 0 bridgehead atoms. The zero-order chi connectivity index (χ0) is 18.8. The number of hydrogen-bond donors (Lipinski definition) is 2. The fourth-order valence-electron chi connectivity index (χ4n) is 2.37. The first-order valence-corrected chi connectivity index (χ1v) is 8.31. The van der Waals surface area contributed by atoms with Gasteiger partial charge < -0.3 is 9.47 Å². The standard InChI is InChI=1S/C17H21NO2S.C2H4O2/c1-4-13-6-5-7-16(18(3)19)15(13)11-20-17-9-8-14(21)10-12(17)2;1-4-2-3/h5-10,19,21H,4,11H2,1-3H3;2H,1H3. The van der Waals surface area contributed by atoms with Gasteiger partial charge in [0.25, 0.3) is 6.47 Å². The maximum Gasteiger partial charge on any atom is 0.292 e. The van der Waals surface area contributed by atoms with Crippen LogP contribution in [0.2, 0.25) is 0 Å². The summed E-state index contributed by atoms with van der Waals surface area (Å²) in [5.41, 5.74) is 4.02. The fourth-order valence-corrected chi connectivity index (χ4v) is 2.64. The number of ether oxygens (including phenoxy) is 2. The van der Waals surface area contributed by atoms with Gasteiger partial charge in [-0.2, -0.15) is 0 Å². The Labute approximate surface area is 154 Å². The van der Waals surface area contributed by atoms with E-state index in [0.717, 1.165) is 38.9 Å². The van der Waals surface area contributed by atoms with Crippen LogP contribution in [0.5, 0.6) is 5.75 Å². The first-order chi connectivity index (χ1) is 11.9. The van der Waals surface area contributed by atoms with Crippen molar-refractivity contribution in [3.05, 3.63) is 53.1 Å². The van der Waals surface area contributed by atoms with Gasteiger partial charge in [0.2, 0.25) is 0 Å². The number of aryl methyl sites for hydroxylation is 2. The molecule has 0 saturated carbocycles. The van der Waals surface area contributed by atoms with E-state index in [9.17, 15) is 5.21 Å². The Hall–Kier alpha value is -2.18. The minimum atomic E-state index is 0.375. The molecule has 0 radical (unpaired) electrons. The highest BCUT2D eigenvalue weighted by Crippen LogP contribution is 2.27. The van der Waals surface area contributed by atoms with Crippen molar-refractivity contribution in [3.8, 4) is 5.75 Å². The second-order valence-electron chi connectivity index (χ2n) is 5.36. The monoisotopic (exact) mass is 363 g/mol. The van der Waals surface area contributed by atoms with Crippen LogP contribution >= 0.6 is 12.6 Å². The van der Waals surface area contributed by atoms with Crippen molar-refractivity contribution in [2.45, 2.75) is 31.8 Å². The number of rotatable bonds is 6. The average Bonchev–Trinajstić information content (AvgIpc) is 2.60. The van der Waals surface area contributed by atoms with E-state index >= 15 is 0 Å². The van der Waals surface area contributed by atoms with Crippen molar-refractivity contribution >= 4 is 24.8 Å². The third-order valence-corrected chi connectivity index (χ3v) is 3.88. The molecule has 0 spiro atoms. The first-order valence-electron chi connectivity index (χ1n) is 7.86. The summed E-state index contributed by atoms with van der Waals surface area (Å²) in [6.07, 6.45) is 0.898. The number of carbonyl (C=O) groups excluding carboxylic acids is 1. The molecule has 0 aliphatic carbocycles. The molecule has 0 aromatic heterocycles. The highest BCUT2D eigenvalue weighted by atomic mass is 32.1. The van der Waals surface area contributed by atoms with Crippen LogP contribution in [0.15, 0.2) is 41.3 Å². The van der Waals surface area contributed by atoms with Crippen LogP contribution in [0.4, 0.5) is 5.69 Å². The zero-order valence-electron chi connectivity index (χ0n) is 15.0. The lowest BCUT2D eigenvalue weighted by Crippen LogP contribution is -2.15. The minimum Gasteiger partial charge on any atom is -0.489 e. The summed E-state index contributed by atoms with van der Waals surface area (Å²) < 4.78 is 9.80. The van der Waals surface area contributed by atoms with E-state index in [2.05, 4.69) is 30.4 Å². The molecule has 5 nitrogen and oxygen atoms in total. The normalized spacial score (nSPS) is 9.68. The van der Waals surface area contributed by atoms with Crippen LogP contribution in [0.3, 0.4) is 0 Å². The predicted molar refractivity (Wildman–Crippen MR) is 102 cm³/mol. The third kappa shape index (κ3) is 6.32. The number of carbonyl (C=O) groups is 1. The molecule has 0 amide bonds. The lowest BCUT2D eigenvalue weighted by molar-refractivity contribution is -0.126. The Morgan fingerprint density at radius 1 is 1.28 bits per heavy atom. The number of benzene rings is 2. The number of hydrogen-bond acceptors (Lipinski definition) is 6. The van der Waals surface area contributed by atoms with Crippen LogP contribution in [0.1, 0.15) is 23.6 Å². The topological polar surface area (TPSA) is 59.0 Å². The third-order valence-electron chi connectivity index (χ3n) is 3.60. The minimum absolute atomic E-state index is 0.375. The summed E-state index contributed by atoms with van der Waals surface area (Å²) in [7, 11) is 2.94. The van der Waals surface area contributed by atoms with E-state index in [1.54, 1.807) is 7.05 Å².